The van der Waals surface area contributed by atoms with Gasteiger partial charge in [0.05, 0.1) is 11.0 Å². The number of fused-ring (bicyclic) bond motifs is 1. The fraction of sp³-hybridized carbons (Fsp3) is 0.300. The molecular formula is C10H11N3. The maximum Gasteiger partial charge on any atom is 0.131 e. The Labute approximate surface area is 76.2 Å². The second-order valence-corrected chi connectivity index (χ2v) is 3.60. The zero-order valence-corrected chi connectivity index (χ0v) is 7.27. The number of benzene rings is 1. The Morgan fingerprint density at radius 3 is 2.77 bits per heavy atom. The minimum Gasteiger partial charge on any atom is -0.337 e. The van der Waals surface area contributed by atoms with E-state index in [1.54, 1.807) is 4.68 Å². The van der Waals surface area contributed by atoms with Gasteiger partial charge in [0.25, 0.3) is 0 Å². The molecule has 1 saturated carbocycles. The van der Waals surface area contributed by atoms with Crippen molar-refractivity contribution >= 4 is 11.0 Å². The summed E-state index contributed by atoms with van der Waals surface area (Å²) in [4.78, 5) is 4.51. The molecule has 1 aliphatic rings. The van der Waals surface area contributed by atoms with Crippen LogP contribution in [0.5, 0.6) is 0 Å². The molecule has 2 aromatic rings. The lowest BCUT2D eigenvalue weighted by Gasteiger charge is -1.98. The molecule has 1 aromatic carbocycles. The number of para-hydroxylation sites is 2. The van der Waals surface area contributed by atoms with Gasteiger partial charge in [0.15, 0.2) is 0 Å². The lowest BCUT2D eigenvalue weighted by atomic mass is 10.3. The number of hydrogen-bond donors (Lipinski definition) is 1. The van der Waals surface area contributed by atoms with Gasteiger partial charge >= 0.3 is 0 Å². The molecule has 2 N–H and O–H groups in total. The number of nitrogens with zero attached hydrogens (tertiary/aromatic N) is 2. The summed E-state index contributed by atoms with van der Waals surface area (Å²) in [6.07, 6.45) is 2.47. The van der Waals surface area contributed by atoms with Gasteiger partial charge in [0.2, 0.25) is 0 Å². The Kier molecular flexibility index (Phi) is 1.20. The molecule has 0 bridgehead atoms. The molecule has 0 radical (unpaired) electrons. The lowest BCUT2D eigenvalue weighted by molar-refractivity contribution is 0.867. The highest BCUT2D eigenvalue weighted by Crippen LogP contribution is 2.39. The summed E-state index contributed by atoms with van der Waals surface area (Å²) in [5.74, 6) is 7.59. The second-order valence-electron chi connectivity index (χ2n) is 3.60. The van der Waals surface area contributed by atoms with Crippen LogP contribution in [0.3, 0.4) is 0 Å². The van der Waals surface area contributed by atoms with Crippen molar-refractivity contribution in [1.82, 2.24) is 9.66 Å². The topological polar surface area (TPSA) is 43.8 Å². The van der Waals surface area contributed by atoms with Crippen LogP contribution in [0.25, 0.3) is 11.0 Å². The molecule has 13 heavy (non-hydrogen) atoms. The first kappa shape index (κ1) is 6.95. The van der Waals surface area contributed by atoms with Crippen LogP contribution in [0.4, 0.5) is 0 Å². The Bertz CT molecular complexity index is 454. The third kappa shape index (κ3) is 0.932. The highest BCUT2D eigenvalue weighted by atomic mass is 15.3. The van der Waals surface area contributed by atoms with Crippen molar-refractivity contribution in [2.75, 3.05) is 5.84 Å². The van der Waals surface area contributed by atoms with Crippen LogP contribution in [0.1, 0.15) is 24.6 Å². The van der Waals surface area contributed by atoms with Gasteiger partial charge in [-0.3, -0.25) is 0 Å². The van der Waals surface area contributed by atoms with Gasteiger partial charge in [-0.2, -0.15) is 0 Å². The van der Waals surface area contributed by atoms with Crippen molar-refractivity contribution in [3.8, 4) is 0 Å². The zero-order valence-electron chi connectivity index (χ0n) is 7.27. The first-order valence-corrected chi connectivity index (χ1v) is 4.59. The van der Waals surface area contributed by atoms with E-state index in [4.69, 9.17) is 5.84 Å². The molecule has 66 valence electrons. The molecule has 1 aliphatic carbocycles. The van der Waals surface area contributed by atoms with Gasteiger partial charge in [-0.1, -0.05) is 12.1 Å². The van der Waals surface area contributed by atoms with Gasteiger partial charge in [-0.05, 0) is 25.0 Å². The number of hydrogen-bond acceptors (Lipinski definition) is 2. The van der Waals surface area contributed by atoms with Gasteiger partial charge < -0.3 is 5.84 Å². The summed E-state index contributed by atoms with van der Waals surface area (Å²) >= 11 is 0. The Morgan fingerprint density at radius 1 is 1.31 bits per heavy atom. The van der Waals surface area contributed by atoms with Crippen molar-refractivity contribution in [3.63, 3.8) is 0 Å². The van der Waals surface area contributed by atoms with E-state index >= 15 is 0 Å². The summed E-state index contributed by atoms with van der Waals surface area (Å²) in [6.45, 7) is 0. The van der Waals surface area contributed by atoms with Crippen LogP contribution in [-0.4, -0.2) is 9.66 Å². The van der Waals surface area contributed by atoms with Crippen molar-refractivity contribution in [3.05, 3.63) is 30.1 Å². The maximum atomic E-state index is 5.93. The molecule has 3 rings (SSSR count). The highest BCUT2D eigenvalue weighted by Gasteiger charge is 2.28. The molecule has 0 saturated heterocycles. The zero-order chi connectivity index (χ0) is 8.84. The van der Waals surface area contributed by atoms with Gasteiger partial charge in [0.1, 0.15) is 5.82 Å². The Hall–Kier alpha value is -1.51. The van der Waals surface area contributed by atoms with E-state index in [2.05, 4.69) is 4.98 Å². The van der Waals surface area contributed by atoms with E-state index < -0.39 is 0 Å². The minimum absolute atomic E-state index is 0.609. The standard InChI is InChI=1S/C10H11N3/c11-13-9-4-2-1-3-8(9)12-10(13)7-5-6-7/h1-4,7H,5-6,11H2. The Morgan fingerprint density at radius 2 is 2.08 bits per heavy atom. The second kappa shape index (κ2) is 2.25. The van der Waals surface area contributed by atoms with E-state index in [1.165, 1.54) is 12.8 Å². The fourth-order valence-electron chi connectivity index (χ4n) is 1.69. The molecule has 1 fully saturated rings. The van der Waals surface area contributed by atoms with E-state index in [0.717, 1.165) is 16.9 Å². The third-order valence-electron chi connectivity index (χ3n) is 2.57. The predicted molar refractivity (Wildman–Crippen MR) is 51.9 cm³/mol. The number of imidazole rings is 1. The van der Waals surface area contributed by atoms with Crippen LogP contribution in [-0.2, 0) is 0 Å². The first-order chi connectivity index (χ1) is 6.36. The molecule has 3 nitrogen and oxygen atoms in total. The fourth-order valence-corrected chi connectivity index (χ4v) is 1.69. The van der Waals surface area contributed by atoms with Gasteiger partial charge in [-0.15, -0.1) is 0 Å². The predicted octanol–water partition coefficient (Wildman–Crippen LogP) is 1.63. The monoisotopic (exact) mass is 173 g/mol. The average molecular weight is 173 g/mol. The Balaban J connectivity index is 2.30. The number of aromatic nitrogens is 2. The van der Waals surface area contributed by atoms with Crippen LogP contribution in [0, 0.1) is 0 Å². The SMILES string of the molecule is Nn1c(C2CC2)nc2ccccc21. The first-order valence-electron chi connectivity index (χ1n) is 4.59. The summed E-state index contributed by atoms with van der Waals surface area (Å²) in [7, 11) is 0. The van der Waals surface area contributed by atoms with Crippen molar-refractivity contribution in [1.29, 1.82) is 0 Å². The number of nitrogens with two attached hydrogens (primary N) is 1. The van der Waals surface area contributed by atoms with E-state index in [1.807, 2.05) is 24.3 Å². The molecule has 0 spiro atoms. The third-order valence-corrected chi connectivity index (χ3v) is 2.57. The largest absolute Gasteiger partial charge is 0.337 e. The van der Waals surface area contributed by atoms with Crippen LogP contribution < -0.4 is 5.84 Å². The smallest absolute Gasteiger partial charge is 0.131 e. The van der Waals surface area contributed by atoms with E-state index in [9.17, 15) is 0 Å². The van der Waals surface area contributed by atoms with Crippen LogP contribution in [0.15, 0.2) is 24.3 Å². The highest BCUT2D eigenvalue weighted by molar-refractivity contribution is 5.76. The molecule has 1 heterocycles. The molecule has 0 amide bonds. The normalized spacial score (nSPS) is 16.6. The van der Waals surface area contributed by atoms with Gasteiger partial charge in [-0.25, -0.2) is 9.66 Å². The van der Waals surface area contributed by atoms with Crippen LogP contribution >= 0.6 is 0 Å². The summed E-state index contributed by atoms with van der Waals surface area (Å²) in [5, 5.41) is 0. The molecule has 0 atom stereocenters. The van der Waals surface area contributed by atoms with Crippen molar-refractivity contribution in [2.24, 2.45) is 0 Å². The molecule has 3 heteroatoms. The number of rotatable bonds is 1. The van der Waals surface area contributed by atoms with Crippen molar-refractivity contribution < 1.29 is 0 Å². The van der Waals surface area contributed by atoms with Gasteiger partial charge in [0, 0.05) is 5.92 Å². The summed E-state index contributed by atoms with van der Waals surface area (Å²) < 4.78 is 1.73. The molecule has 1 aromatic heterocycles. The minimum atomic E-state index is 0.609. The van der Waals surface area contributed by atoms with E-state index in [0.29, 0.717) is 5.92 Å². The number of nitrogen functional groups attached to an aromatic ring is 1. The van der Waals surface area contributed by atoms with E-state index in [-0.39, 0.29) is 0 Å². The molecule has 0 unspecified atom stereocenters. The molecular weight excluding hydrogens is 162 g/mol. The summed E-state index contributed by atoms with van der Waals surface area (Å²) in [5.41, 5.74) is 2.04. The quantitative estimate of drug-likeness (QED) is 0.666. The lowest BCUT2D eigenvalue weighted by Crippen LogP contribution is -2.11. The van der Waals surface area contributed by atoms with Crippen molar-refractivity contribution in [2.45, 2.75) is 18.8 Å². The maximum absolute atomic E-state index is 5.93. The summed E-state index contributed by atoms with van der Waals surface area (Å²) in [6, 6.07) is 7.99. The average Bonchev–Trinajstić information content (AvgIpc) is 2.94. The molecule has 0 aliphatic heterocycles. The van der Waals surface area contributed by atoms with Crippen LogP contribution in [0.2, 0.25) is 0 Å².